The van der Waals surface area contributed by atoms with Gasteiger partial charge < -0.3 is 20.3 Å². The highest BCUT2D eigenvalue weighted by atomic mass is 16.5. The first kappa shape index (κ1) is 20.3. The molecule has 1 amide bonds. The third-order valence-corrected chi connectivity index (χ3v) is 3.86. The van der Waals surface area contributed by atoms with Crippen LogP contribution in [0.2, 0.25) is 0 Å². The molecule has 0 aliphatic heterocycles. The lowest BCUT2D eigenvalue weighted by Crippen LogP contribution is -2.37. The van der Waals surface area contributed by atoms with E-state index in [-0.39, 0.29) is 12.5 Å². The number of hydrogen-bond donors (Lipinski definition) is 2. The van der Waals surface area contributed by atoms with Gasteiger partial charge in [0.25, 0.3) is 5.91 Å². The van der Waals surface area contributed by atoms with Crippen LogP contribution in [-0.2, 0) is 17.9 Å². The Morgan fingerprint density at radius 2 is 2.15 bits per heavy atom. The molecule has 0 saturated carbocycles. The molecule has 0 aliphatic carbocycles. The highest BCUT2D eigenvalue weighted by molar-refractivity contribution is 5.79. The van der Waals surface area contributed by atoms with Crippen molar-refractivity contribution in [3.8, 4) is 5.75 Å². The normalized spacial score (nSPS) is 11.1. The first-order valence-electron chi connectivity index (χ1n) is 8.92. The maximum atomic E-state index is 11.6. The van der Waals surface area contributed by atoms with Crippen molar-refractivity contribution in [1.29, 1.82) is 0 Å². The van der Waals surface area contributed by atoms with Gasteiger partial charge in [-0.1, -0.05) is 12.1 Å². The monoisotopic (exact) mass is 372 g/mol. The number of rotatable bonds is 9. The Balaban J connectivity index is 1.73. The molecular formula is C19H28N6O2. The Labute approximate surface area is 160 Å². The summed E-state index contributed by atoms with van der Waals surface area (Å²) >= 11 is 0. The molecule has 8 nitrogen and oxygen atoms in total. The Bertz CT molecular complexity index is 728. The lowest BCUT2D eigenvalue weighted by molar-refractivity contribution is -0.130. The van der Waals surface area contributed by atoms with Crippen LogP contribution in [0.4, 0.5) is 0 Å². The second kappa shape index (κ2) is 10.8. The third kappa shape index (κ3) is 7.39. The minimum atomic E-state index is -0.0711. The zero-order valence-corrected chi connectivity index (χ0v) is 16.2. The average Bonchev–Trinajstić information content (AvgIpc) is 3.19. The fourth-order valence-electron chi connectivity index (χ4n) is 2.31. The number of aliphatic imine (C=N–C) groups is 1. The molecule has 27 heavy (non-hydrogen) atoms. The van der Waals surface area contributed by atoms with Gasteiger partial charge in [0.2, 0.25) is 0 Å². The van der Waals surface area contributed by atoms with Gasteiger partial charge in [0, 0.05) is 53.2 Å². The van der Waals surface area contributed by atoms with Gasteiger partial charge in [-0.25, -0.2) is 0 Å². The number of aromatic nitrogens is 2. The van der Waals surface area contributed by atoms with E-state index in [0.29, 0.717) is 12.3 Å². The van der Waals surface area contributed by atoms with Crippen LogP contribution in [0.25, 0.3) is 0 Å². The van der Waals surface area contributed by atoms with Crippen LogP contribution in [-0.4, -0.2) is 60.8 Å². The fraction of sp³-hybridized carbons (Fsp3) is 0.421. The van der Waals surface area contributed by atoms with Crippen molar-refractivity contribution in [3.63, 3.8) is 0 Å². The van der Waals surface area contributed by atoms with Crippen LogP contribution in [0.15, 0.2) is 47.7 Å². The van der Waals surface area contributed by atoms with Gasteiger partial charge >= 0.3 is 0 Å². The van der Waals surface area contributed by atoms with Gasteiger partial charge in [-0.05, 0) is 30.2 Å². The largest absolute Gasteiger partial charge is 0.484 e. The summed E-state index contributed by atoms with van der Waals surface area (Å²) < 4.78 is 7.45. The molecule has 1 aromatic heterocycles. The van der Waals surface area contributed by atoms with Crippen LogP contribution in [0.3, 0.4) is 0 Å². The number of nitrogens with one attached hydrogen (secondary N) is 2. The van der Waals surface area contributed by atoms with Crippen LogP contribution >= 0.6 is 0 Å². The molecule has 0 spiro atoms. The van der Waals surface area contributed by atoms with E-state index in [9.17, 15) is 4.79 Å². The molecule has 0 saturated heterocycles. The first-order valence-corrected chi connectivity index (χ1v) is 8.92. The van der Waals surface area contributed by atoms with Crippen molar-refractivity contribution in [3.05, 3.63) is 48.3 Å². The summed E-state index contributed by atoms with van der Waals surface area (Å²) in [6.07, 6.45) is 4.68. The van der Waals surface area contributed by atoms with Crippen molar-refractivity contribution >= 4 is 11.9 Å². The number of carbonyl (C=O) groups excluding carboxylic acids is 1. The summed E-state index contributed by atoms with van der Waals surface area (Å²) in [7, 11) is 5.16. The fourth-order valence-corrected chi connectivity index (χ4v) is 2.31. The van der Waals surface area contributed by atoms with E-state index in [1.807, 2.05) is 41.2 Å². The molecular weight excluding hydrogens is 344 g/mol. The molecule has 146 valence electrons. The number of carbonyl (C=O) groups is 1. The molecule has 8 heteroatoms. The van der Waals surface area contributed by atoms with Crippen LogP contribution in [0, 0.1) is 0 Å². The van der Waals surface area contributed by atoms with E-state index in [1.54, 1.807) is 27.3 Å². The number of guanidine groups is 1. The van der Waals surface area contributed by atoms with Crippen LogP contribution in [0.5, 0.6) is 5.75 Å². The predicted octanol–water partition coefficient (Wildman–Crippen LogP) is 1.11. The molecule has 0 bridgehead atoms. The second-order valence-corrected chi connectivity index (χ2v) is 6.20. The number of likely N-dealkylation sites (N-methyl/N-ethyl adjacent to an activating group) is 1. The predicted molar refractivity (Wildman–Crippen MR) is 106 cm³/mol. The SMILES string of the molecule is CN=C(NCCCn1cccn1)NCc1cccc(OCC(=O)N(C)C)c1. The Morgan fingerprint density at radius 1 is 1.30 bits per heavy atom. The maximum Gasteiger partial charge on any atom is 0.259 e. The van der Waals surface area contributed by atoms with Crippen molar-refractivity contribution in [1.82, 2.24) is 25.3 Å². The van der Waals surface area contributed by atoms with E-state index in [4.69, 9.17) is 4.74 Å². The molecule has 0 unspecified atom stereocenters. The Hall–Kier alpha value is -3.03. The molecule has 2 N–H and O–H groups in total. The lowest BCUT2D eigenvalue weighted by Gasteiger charge is -2.14. The topological polar surface area (TPSA) is 83.8 Å². The van der Waals surface area contributed by atoms with Gasteiger partial charge in [0.1, 0.15) is 5.75 Å². The van der Waals surface area contributed by atoms with E-state index in [0.717, 1.165) is 31.0 Å². The van der Waals surface area contributed by atoms with Gasteiger partial charge in [-0.3, -0.25) is 14.5 Å². The summed E-state index contributed by atoms with van der Waals surface area (Å²) in [5.41, 5.74) is 1.05. The molecule has 0 fully saturated rings. The smallest absolute Gasteiger partial charge is 0.259 e. The number of aryl methyl sites for hydroxylation is 1. The lowest BCUT2D eigenvalue weighted by atomic mass is 10.2. The maximum absolute atomic E-state index is 11.6. The van der Waals surface area contributed by atoms with Gasteiger partial charge in [-0.15, -0.1) is 0 Å². The third-order valence-electron chi connectivity index (χ3n) is 3.86. The van der Waals surface area contributed by atoms with Crippen molar-refractivity contribution in [2.75, 3.05) is 34.3 Å². The van der Waals surface area contributed by atoms with Gasteiger partial charge in [0.15, 0.2) is 12.6 Å². The van der Waals surface area contributed by atoms with Crippen molar-refractivity contribution in [2.24, 2.45) is 4.99 Å². The molecule has 0 radical (unpaired) electrons. The van der Waals surface area contributed by atoms with E-state index < -0.39 is 0 Å². The zero-order valence-electron chi connectivity index (χ0n) is 16.2. The molecule has 1 heterocycles. The van der Waals surface area contributed by atoms with E-state index in [1.165, 1.54) is 4.90 Å². The highest BCUT2D eigenvalue weighted by Crippen LogP contribution is 2.13. The van der Waals surface area contributed by atoms with E-state index in [2.05, 4.69) is 20.7 Å². The molecule has 0 aliphatic rings. The number of nitrogens with zero attached hydrogens (tertiary/aromatic N) is 4. The van der Waals surface area contributed by atoms with Crippen molar-refractivity contribution < 1.29 is 9.53 Å². The summed E-state index contributed by atoms with van der Waals surface area (Å²) in [6, 6.07) is 9.59. The first-order chi connectivity index (χ1) is 13.1. The van der Waals surface area contributed by atoms with Crippen molar-refractivity contribution in [2.45, 2.75) is 19.5 Å². The summed E-state index contributed by atoms with van der Waals surface area (Å²) in [5.74, 6) is 1.34. The number of amides is 1. The number of hydrogen-bond acceptors (Lipinski definition) is 4. The number of benzene rings is 1. The molecule has 2 rings (SSSR count). The summed E-state index contributed by atoms with van der Waals surface area (Å²) in [4.78, 5) is 17.4. The molecule has 2 aromatic rings. The van der Waals surface area contributed by atoms with Crippen LogP contribution in [0.1, 0.15) is 12.0 Å². The summed E-state index contributed by atoms with van der Waals surface area (Å²) in [6.45, 7) is 2.30. The summed E-state index contributed by atoms with van der Waals surface area (Å²) in [5, 5.41) is 10.7. The zero-order chi connectivity index (χ0) is 19.5. The van der Waals surface area contributed by atoms with Crippen LogP contribution < -0.4 is 15.4 Å². The molecule has 0 atom stereocenters. The van der Waals surface area contributed by atoms with E-state index >= 15 is 0 Å². The standard InChI is InChI=1S/C19H28N6O2/c1-20-19(21-9-5-11-25-12-6-10-23-25)22-14-16-7-4-8-17(13-16)27-15-18(26)24(2)3/h4,6-8,10,12-13H,5,9,11,14-15H2,1-3H3,(H2,20,21,22). The average molecular weight is 372 g/mol. The minimum absolute atomic E-state index is 0.0311. The second-order valence-electron chi connectivity index (χ2n) is 6.20. The molecule has 1 aromatic carbocycles. The highest BCUT2D eigenvalue weighted by Gasteiger charge is 2.05. The van der Waals surface area contributed by atoms with Gasteiger partial charge in [-0.2, -0.15) is 5.10 Å². The Morgan fingerprint density at radius 3 is 2.85 bits per heavy atom. The Kier molecular flexibility index (Phi) is 8.15. The minimum Gasteiger partial charge on any atom is -0.484 e. The number of ether oxygens (including phenoxy) is 1. The van der Waals surface area contributed by atoms with Gasteiger partial charge in [0.05, 0.1) is 0 Å². The quantitative estimate of drug-likeness (QED) is 0.391.